The van der Waals surface area contributed by atoms with E-state index >= 15 is 0 Å². The highest BCUT2D eigenvalue weighted by molar-refractivity contribution is 7.99. The fourth-order valence-electron chi connectivity index (χ4n) is 2.73. The van der Waals surface area contributed by atoms with E-state index in [1.807, 2.05) is 37.3 Å². The van der Waals surface area contributed by atoms with Crippen LogP contribution in [-0.2, 0) is 10.5 Å². The van der Waals surface area contributed by atoms with Crippen molar-refractivity contribution in [2.45, 2.75) is 31.1 Å². The molecule has 3 N–H and O–H groups in total. The maximum absolute atomic E-state index is 12.1. The smallest absolute Gasteiger partial charge is 0.230 e. The zero-order valence-corrected chi connectivity index (χ0v) is 14.6. The fraction of sp³-hybridized carbons (Fsp3) is 0.444. The molecule has 1 aliphatic carbocycles. The monoisotopic (exact) mass is 345 g/mol. The molecule has 0 radical (unpaired) electrons. The van der Waals surface area contributed by atoms with Gasteiger partial charge in [0, 0.05) is 17.9 Å². The molecule has 0 bridgehead atoms. The third kappa shape index (κ3) is 4.19. The van der Waals surface area contributed by atoms with E-state index in [9.17, 15) is 4.79 Å². The molecule has 6 heteroatoms. The number of nitrogens with zero attached hydrogens (tertiary/aromatic N) is 1. The summed E-state index contributed by atoms with van der Waals surface area (Å²) in [7, 11) is 0. The van der Waals surface area contributed by atoms with Gasteiger partial charge in [-0.05, 0) is 37.8 Å². The molecule has 1 saturated carbocycles. The largest absolute Gasteiger partial charge is 0.444 e. The van der Waals surface area contributed by atoms with Crippen LogP contribution in [0.3, 0.4) is 0 Å². The second-order valence-corrected chi connectivity index (χ2v) is 7.43. The topological polar surface area (TPSA) is 81.1 Å². The van der Waals surface area contributed by atoms with Crippen molar-refractivity contribution in [2.24, 2.45) is 11.7 Å². The molecule has 1 heterocycles. The molecular formula is C18H23N3O2S. The molecule has 0 spiro atoms. The number of thioether (sulfide) groups is 1. The minimum Gasteiger partial charge on any atom is -0.444 e. The van der Waals surface area contributed by atoms with Gasteiger partial charge < -0.3 is 15.5 Å². The summed E-state index contributed by atoms with van der Waals surface area (Å²) in [6, 6.07) is 9.78. The van der Waals surface area contributed by atoms with Crippen LogP contribution in [0.4, 0.5) is 0 Å². The molecule has 1 aliphatic rings. The Hall–Kier alpha value is -1.79. The number of oxazole rings is 1. The molecule has 1 unspecified atom stereocenters. The first-order valence-electron chi connectivity index (χ1n) is 8.19. The summed E-state index contributed by atoms with van der Waals surface area (Å²) in [5.74, 6) is 2.22. The Kier molecular flexibility index (Phi) is 5.26. The second-order valence-electron chi connectivity index (χ2n) is 6.45. The van der Waals surface area contributed by atoms with Crippen molar-refractivity contribution in [3.63, 3.8) is 0 Å². The highest BCUT2D eigenvalue weighted by Gasteiger charge is 2.41. The number of amides is 1. The van der Waals surface area contributed by atoms with Gasteiger partial charge in [0.05, 0.1) is 17.0 Å². The van der Waals surface area contributed by atoms with Crippen molar-refractivity contribution >= 4 is 17.7 Å². The van der Waals surface area contributed by atoms with Gasteiger partial charge in [0.2, 0.25) is 11.8 Å². The average Bonchev–Trinajstić information content (AvgIpc) is 3.36. The first-order valence-corrected chi connectivity index (χ1v) is 9.35. The Morgan fingerprint density at radius 1 is 1.42 bits per heavy atom. The first kappa shape index (κ1) is 17.0. The van der Waals surface area contributed by atoms with Crippen LogP contribution in [0, 0.1) is 5.92 Å². The number of rotatable bonds is 8. The van der Waals surface area contributed by atoms with E-state index in [0.29, 0.717) is 29.9 Å². The molecular weight excluding hydrogens is 322 g/mol. The lowest BCUT2D eigenvalue weighted by molar-refractivity contribution is -0.120. The lowest BCUT2D eigenvalue weighted by Crippen LogP contribution is -2.53. The molecule has 1 atom stereocenters. The highest BCUT2D eigenvalue weighted by Crippen LogP contribution is 2.39. The summed E-state index contributed by atoms with van der Waals surface area (Å²) >= 11 is 1.53. The summed E-state index contributed by atoms with van der Waals surface area (Å²) in [6.45, 7) is 2.52. The van der Waals surface area contributed by atoms with Gasteiger partial charge in [-0.1, -0.05) is 18.2 Å². The number of carbonyl (C=O) groups is 1. The summed E-state index contributed by atoms with van der Waals surface area (Å²) < 4.78 is 5.50. The Morgan fingerprint density at radius 3 is 2.83 bits per heavy atom. The van der Waals surface area contributed by atoms with E-state index in [1.54, 1.807) is 6.26 Å². The van der Waals surface area contributed by atoms with Crippen LogP contribution in [0.5, 0.6) is 0 Å². The predicted octanol–water partition coefficient (Wildman–Crippen LogP) is 2.82. The van der Waals surface area contributed by atoms with Gasteiger partial charge >= 0.3 is 0 Å². The predicted molar refractivity (Wildman–Crippen MR) is 96.4 cm³/mol. The van der Waals surface area contributed by atoms with Crippen LogP contribution >= 0.6 is 11.8 Å². The van der Waals surface area contributed by atoms with Crippen molar-refractivity contribution < 1.29 is 9.21 Å². The molecule has 1 amide bonds. The lowest BCUT2D eigenvalue weighted by Gasteiger charge is -2.29. The maximum atomic E-state index is 12.1. The van der Waals surface area contributed by atoms with E-state index in [4.69, 9.17) is 10.2 Å². The number of aromatic nitrogens is 1. The number of carbonyl (C=O) groups excluding carboxylic acids is 1. The molecule has 1 fully saturated rings. The van der Waals surface area contributed by atoms with Crippen LogP contribution in [0.2, 0.25) is 0 Å². The summed E-state index contributed by atoms with van der Waals surface area (Å²) in [5.41, 5.74) is 7.37. The van der Waals surface area contributed by atoms with Gasteiger partial charge in [-0.15, -0.1) is 11.8 Å². The van der Waals surface area contributed by atoms with Crippen molar-refractivity contribution in [2.75, 3.05) is 12.3 Å². The van der Waals surface area contributed by atoms with Crippen LogP contribution in [0.1, 0.15) is 25.5 Å². The van der Waals surface area contributed by atoms with E-state index in [2.05, 4.69) is 10.3 Å². The van der Waals surface area contributed by atoms with E-state index in [1.165, 1.54) is 11.8 Å². The van der Waals surface area contributed by atoms with Gasteiger partial charge in [-0.3, -0.25) is 4.79 Å². The van der Waals surface area contributed by atoms with Gasteiger partial charge in [-0.25, -0.2) is 4.98 Å². The summed E-state index contributed by atoms with van der Waals surface area (Å²) in [6.07, 6.45) is 3.96. The lowest BCUT2D eigenvalue weighted by atomic mass is 9.96. The fourth-order valence-corrected chi connectivity index (χ4v) is 3.43. The Labute approximate surface area is 146 Å². The molecule has 0 saturated heterocycles. The van der Waals surface area contributed by atoms with Gasteiger partial charge in [-0.2, -0.15) is 0 Å². The molecule has 3 rings (SSSR count). The van der Waals surface area contributed by atoms with Crippen LogP contribution in [0.25, 0.3) is 11.5 Å². The number of hydrogen-bond donors (Lipinski definition) is 2. The van der Waals surface area contributed by atoms with Gasteiger partial charge in [0.1, 0.15) is 6.26 Å². The van der Waals surface area contributed by atoms with Gasteiger partial charge in [0.15, 0.2) is 0 Å². The van der Waals surface area contributed by atoms with E-state index < -0.39 is 0 Å². The Morgan fingerprint density at radius 2 is 2.17 bits per heavy atom. The van der Waals surface area contributed by atoms with Crippen LogP contribution in [0.15, 0.2) is 41.0 Å². The molecule has 2 aromatic rings. The van der Waals surface area contributed by atoms with Crippen LogP contribution in [-0.4, -0.2) is 28.7 Å². The molecule has 1 aromatic heterocycles. The SMILES string of the molecule is CC(CN)(NC(=O)CSCc1coc(-c2ccccc2)n1)C1CC1. The third-order valence-electron chi connectivity index (χ3n) is 4.38. The van der Waals surface area contributed by atoms with Crippen molar-refractivity contribution in [1.82, 2.24) is 10.3 Å². The molecule has 128 valence electrons. The first-order chi connectivity index (χ1) is 11.6. The molecule has 5 nitrogen and oxygen atoms in total. The third-order valence-corrected chi connectivity index (χ3v) is 5.35. The Balaban J connectivity index is 1.46. The van der Waals surface area contributed by atoms with Crippen LogP contribution < -0.4 is 11.1 Å². The molecule has 24 heavy (non-hydrogen) atoms. The molecule has 1 aromatic carbocycles. The van der Waals surface area contributed by atoms with Crippen molar-refractivity contribution in [1.29, 1.82) is 0 Å². The highest BCUT2D eigenvalue weighted by atomic mass is 32.2. The standard InChI is InChI=1S/C18H23N3O2S/c1-18(12-19,14-7-8-14)21-16(22)11-24-10-15-9-23-17(20-15)13-5-3-2-4-6-13/h2-6,9,14H,7-8,10-12,19H2,1H3,(H,21,22). The van der Waals surface area contributed by atoms with Crippen molar-refractivity contribution in [3.8, 4) is 11.5 Å². The van der Waals surface area contributed by atoms with Gasteiger partial charge in [0.25, 0.3) is 0 Å². The van der Waals surface area contributed by atoms with E-state index in [-0.39, 0.29) is 11.4 Å². The maximum Gasteiger partial charge on any atom is 0.230 e. The Bertz CT molecular complexity index is 685. The zero-order chi connectivity index (χ0) is 17.0. The number of benzene rings is 1. The summed E-state index contributed by atoms with van der Waals surface area (Å²) in [5, 5.41) is 3.09. The molecule has 0 aliphatic heterocycles. The second kappa shape index (κ2) is 7.40. The van der Waals surface area contributed by atoms with E-state index in [0.717, 1.165) is 24.1 Å². The minimum absolute atomic E-state index is 0.0339. The van der Waals surface area contributed by atoms with Crippen molar-refractivity contribution in [3.05, 3.63) is 42.3 Å². The number of nitrogens with two attached hydrogens (primary N) is 1. The number of nitrogens with one attached hydrogen (secondary N) is 1. The summed E-state index contributed by atoms with van der Waals surface area (Å²) in [4.78, 5) is 16.6. The average molecular weight is 345 g/mol. The minimum atomic E-state index is -0.258. The number of hydrogen-bond acceptors (Lipinski definition) is 5. The quantitative estimate of drug-likeness (QED) is 0.769. The normalized spacial score (nSPS) is 16.6. The zero-order valence-electron chi connectivity index (χ0n) is 13.8.